The molecular weight excluding hydrogens is 371 g/mol. The minimum Gasteiger partial charge on any atom is -0.385 e. The Kier molecular flexibility index (Phi) is 4.19. The molecule has 0 aliphatic carbocycles. The van der Waals surface area contributed by atoms with Gasteiger partial charge in [0.25, 0.3) is 5.91 Å². The number of carbonyl (C=O) groups is 1. The zero-order chi connectivity index (χ0) is 20.0. The van der Waals surface area contributed by atoms with Gasteiger partial charge in [0.05, 0.1) is 18.2 Å². The fourth-order valence-corrected chi connectivity index (χ4v) is 4.21. The Balaban J connectivity index is 1.46. The highest BCUT2D eigenvalue weighted by molar-refractivity contribution is 5.90. The van der Waals surface area contributed by atoms with Gasteiger partial charge in [0.2, 0.25) is 0 Å². The summed E-state index contributed by atoms with van der Waals surface area (Å²) in [6, 6.07) is 10.3. The van der Waals surface area contributed by atoms with E-state index in [2.05, 4.69) is 20.3 Å². The number of pyridine rings is 1. The first-order valence-electron chi connectivity index (χ1n) is 9.71. The molecule has 3 aromatic rings. The van der Waals surface area contributed by atoms with Crippen LogP contribution in [0.3, 0.4) is 0 Å². The Morgan fingerprint density at radius 1 is 1.28 bits per heavy atom. The lowest BCUT2D eigenvalue weighted by atomic mass is 9.90. The monoisotopic (exact) mass is 392 g/mol. The molecule has 7 nitrogen and oxygen atoms in total. The molecule has 0 saturated heterocycles. The molecule has 29 heavy (non-hydrogen) atoms. The van der Waals surface area contributed by atoms with E-state index in [1.54, 1.807) is 12.3 Å². The van der Waals surface area contributed by atoms with Crippen molar-refractivity contribution in [3.8, 4) is 0 Å². The number of aromatic nitrogens is 3. The van der Waals surface area contributed by atoms with Crippen molar-refractivity contribution in [3.63, 3.8) is 0 Å². The quantitative estimate of drug-likeness (QED) is 0.697. The number of hydrogen-bond acceptors (Lipinski definition) is 6. The number of carbonyl (C=O) groups excluding carboxylic acids is 1. The molecular formula is C21H21FN6O. The lowest BCUT2D eigenvalue weighted by molar-refractivity contribution is 0.0859. The number of rotatable bonds is 2. The summed E-state index contributed by atoms with van der Waals surface area (Å²) in [6.07, 6.45) is 3.02. The van der Waals surface area contributed by atoms with Gasteiger partial charge >= 0.3 is 0 Å². The summed E-state index contributed by atoms with van der Waals surface area (Å²) in [5.41, 5.74) is 9.47. The first-order chi connectivity index (χ1) is 14.1. The number of fused-ring (bicyclic) bond motifs is 2. The molecule has 2 aliphatic heterocycles. The Hall–Kier alpha value is -3.42. The van der Waals surface area contributed by atoms with Crippen molar-refractivity contribution < 1.29 is 9.18 Å². The van der Waals surface area contributed by atoms with E-state index in [4.69, 9.17) is 5.73 Å². The molecule has 2 aromatic heterocycles. The maximum atomic E-state index is 13.8. The molecule has 1 aromatic carbocycles. The van der Waals surface area contributed by atoms with Gasteiger partial charge in [-0.25, -0.2) is 9.37 Å². The molecule has 4 heterocycles. The normalized spacial score (nSPS) is 18.0. The Bertz CT molecular complexity index is 1080. The number of anilines is 3. The second-order valence-electron chi connectivity index (χ2n) is 7.42. The van der Waals surface area contributed by atoms with Gasteiger partial charge < -0.3 is 16.0 Å². The van der Waals surface area contributed by atoms with Crippen molar-refractivity contribution >= 4 is 23.2 Å². The summed E-state index contributed by atoms with van der Waals surface area (Å²) in [4.78, 5) is 19.8. The van der Waals surface area contributed by atoms with E-state index in [0.717, 1.165) is 29.3 Å². The first kappa shape index (κ1) is 17.7. The lowest BCUT2D eigenvalue weighted by Gasteiger charge is -2.27. The van der Waals surface area contributed by atoms with Crippen LogP contribution in [-0.4, -0.2) is 33.8 Å². The molecule has 0 saturated carbocycles. The highest BCUT2D eigenvalue weighted by atomic mass is 19.1. The average Bonchev–Trinajstić information content (AvgIpc) is 3.09. The Labute approximate surface area is 167 Å². The number of nitrogen functional groups attached to an aromatic ring is 1. The largest absolute Gasteiger partial charge is 0.385 e. The maximum Gasteiger partial charge on any atom is 0.256 e. The summed E-state index contributed by atoms with van der Waals surface area (Å²) < 4.78 is 15.1. The number of benzene rings is 1. The minimum atomic E-state index is -0.475. The predicted octanol–water partition coefficient (Wildman–Crippen LogP) is 2.80. The van der Waals surface area contributed by atoms with Crippen molar-refractivity contribution in [3.05, 3.63) is 65.2 Å². The van der Waals surface area contributed by atoms with E-state index in [1.807, 2.05) is 18.2 Å². The smallest absolute Gasteiger partial charge is 0.256 e. The van der Waals surface area contributed by atoms with Gasteiger partial charge in [-0.05, 0) is 48.7 Å². The van der Waals surface area contributed by atoms with Crippen LogP contribution >= 0.6 is 0 Å². The van der Waals surface area contributed by atoms with E-state index in [9.17, 15) is 9.18 Å². The Morgan fingerprint density at radius 2 is 2.17 bits per heavy atom. The number of nitrogens with zero attached hydrogens (tertiary/aromatic N) is 4. The van der Waals surface area contributed by atoms with Gasteiger partial charge in [-0.3, -0.25) is 4.79 Å². The molecule has 1 unspecified atom stereocenters. The molecule has 148 valence electrons. The average molecular weight is 392 g/mol. The minimum absolute atomic E-state index is 0.213. The maximum absolute atomic E-state index is 13.8. The molecule has 0 fully saturated rings. The SMILES string of the molecule is Nc1c2c(nn1C(=O)C1CCNc3ccc(F)cc31)CN(c1ccccn1)CC2. The molecule has 1 atom stereocenters. The number of nitrogens with two attached hydrogens (primary N) is 1. The number of nitrogens with one attached hydrogen (secondary N) is 1. The van der Waals surface area contributed by atoms with Gasteiger partial charge in [-0.15, -0.1) is 0 Å². The number of halogens is 1. The fraction of sp³-hybridized carbons (Fsp3) is 0.286. The molecule has 8 heteroatoms. The fourth-order valence-electron chi connectivity index (χ4n) is 4.21. The predicted molar refractivity (Wildman–Crippen MR) is 109 cm³/mol. The third kappa shape index (κ3) is 3.00. The third-order valence-electron chi connectivity index (χ3n) is 5.70. The van der Waals surface area contributed by atoms with Crippen molar-refractivity contribution in [2.45, 2.75) is 25.3 Å². The highest BCUT2D eigenvalue weighted by Gasteiger charge is 2.32. The summed E-state index contributed by atoms with van der Waals surface area (Å²) in [5.74, 6) is 0.221. The second-order valence-corrected chi connectivity index (χ2v) is 7.42. The second kappa shape index (κ2) is 6.88. The van der Waals surface area contributed by atoms with E-state index in [1.165, 1.54) is 16.8 Å². The first-order valence-corrected chi connectivity index (χ1v) is 9.71. The van der Waals surface area contributed by atoms with Crippen LogP contribution in [0.1, 0.15) is 34.0 Å². The van der Waals surface area contributed by atoms with E-state index >= 15 is 0 Å². The zero-order valence-electron chi connectivity index (χ0n) is 15.8. The third-order valence-corrected chi connectivity index (χ3v) is 5.70. The Morgan fingerprint density at radius 3 is 3.00 bits per heavy atom. The van der Waals surface area contributed by atoms with Crippen LogP contribution in [0.5, 0.6) is 0 Å². The van der Waals surface area contributed by atoms with Gasteiger partial charge in [0.15, 0.2) is 0 Å². The van der Waals surface area contributed by atoms with Crippen LogP contribution in [0.25, 0.3) is 0 Å². The van der Waals surface area contributed by atoms with Crippen molar-refractivity contribution in [1.29, 1.82) is 0 Å². The van der Waals surface area contributed by atoms with Crippen LogP contribution < -0.4 is 16.0 Å². The molecule has 0 bridgehead atoms. The number of hydrogen-bond donors (Lipinski definition) is 2. The van der Waals surface area contributed by atoms with Crippen molar-refractivity contribution in [1.82, 2.24) is 14.8 Å². The summed E-state index contributed by atoms with van der Waals surface area (Å²) in [5, 5.41) is 7.78. The summed E-state index contributed by atoms with van der Waals surface area (Å²) >= 11 is 0. The molecule has 3 N–H and O–H groups in total. The van der Waals surface area contributed by atoms with Crippen LogP contribution in [0.15, 0.2) is 42.6 Å². The van der Waals surface area contributed by atoms with E-state index in [-0.39, 0.29) is 11.7 Å². The molecule has 5 rings (SSSR count). The van der Waals surface area contributed by atoms with Gasteiger partial charge in [0.1, 0.15) is 17.5 Å². The standard InChI is InChI=1S/C21H21FN6O/c22-13-4-5-17-16(11-13)14(6-9-24-17)21(29)28-20(23)15-7-10-27(12-18(15)26-28)19-3-1-2-8-25-19/h1-5,8,11,14,24H,6-7,9-10,12,23H2. The highest BCUT2D eigenvalue weighted by Crippen LogP contribution is 2.35. The van der Waals surface area contributed by atoms with Gasteiger partial charge in [0, 0.05) is 30.5 Å². The molecule has 2 aliphatic rings. The summed E-state index contributed by atoms with van der Waals surface area (Å²) in [7, 11) is 0. The molecule has 0 radical (unpaired) electrons. The topological polar surface area (TPSA) is 89.1 Å². The van der Waals surface area contributed by atoms with Crippen LogP contribution in [0.4, 0.5) is 21.7 Å². The van der Waals surface area contributed by atoms with Crippen molar-refractivity contribution in [2.75, 3.05) is 29.0 Å². The molecule has 0 amide bonds. The molecule has 0 spiro atoms. The van der Waals surface area contributed by atoms with E-state index in [0.29, 0.717) is 37.3 Å². The van der Waals surface area contributed by atoms with Crippen LogP contribution in [0.2, 0.25) is 0 Å². The van der Waals surface area contributed by atoms with Crippen LogP contribution in [0, 0.1) is 5.82 Å². The van der Waals surface area contributed by atoms with Gasteiger partial charge in [-0.2, -0.15) is 9.78 Å². The van der Waals surface area contributed by atoms with E-state index < -0.39 is 5.92 Å². The van der Waals surface area contributed by atoms with Gasteiger partial charge in [-0.1, -0.05) is 6.07 Å². The van der Waals surface area contributed by atoms with Crippen LogP contribution in [-0.2, 0) is 13.0 Å². The lowest BCUT2D eigenvalue weighted by Crippen LogP contribution is -2.31. The van der Waals surface area contributed by atoms with Crippen molar-refractivity contribution in [2.24, 2.45) is 0 Å². The summed E-state index contributed by atoms with van der Waals surface area (Å²) in [6.45, 7) is 1.95. The zero-order valence-corrected chi connectivity index (χ0v) is 15.8.